The second kappa shape index (κ2) is 8.86. The van der Waals surface area contributed by atoms with Gasteiger partial charge in [0.1, 0.15) is 0 Å². The molecule has 154 valence electrons. The van der Waals surface area contributed by atoms with Crippen molar-refractivity contribution in [2.75, 3.05) is 13.1 Å². The molecule has 0 aromatic heterocycles. The summed E-state index contributed by atoms with van der Waals surface area (Å²) in [4.78, 5) is 26.8. The standard InChI is InChI=1S/C21H20ClF3N2O2/c22-18-8-6-15(7-9-18)20(29)27-10-2-4-16(13-27)19(28)26-12-14-3-1-5-17(11-14)21(23,24)25/h1,3,5-9,11,16H,2,4,10,12-13H2,(H,26,28)/t16-/m0/s1. The maximum absolute atomic E-state index is 12.8. The van der Waals surface area contributed by atoms with Gasteiger partial charge >= 0.3 is 6.18 Å². The van der Waals surface area contributed by atoms with Crippen LogP contribution in [0, 0.1) is 5.92 Å². The summed E-state index contributed by atoms with van der Waals surface area (Å²) in [6, 6.07) is 11.4. The quantitative estimate of drug-likeness (QED) is 0.784. The van der Waals surface area contributed by atoms with E-state index < -0.39 is 17.7 Å². The third kappa shape index (κ3) is 5.50. The Labute approximate surface area is 171 Å². The van der Waals surface area contributed by atoms with E-state index in [2.05, 4.69) is 5.32 Å². The summed E-state index contributed by atoms with van der Waals surface area (Å²) in [6.45, 7) is 0.832. The number of benzene rings is 2. The molecule has 0 spiro atoms. The van der Waals surface area contributed by atoms with Gasteiger partial charge in [0.25, 0.3) is 5.91 Å². The zero-order valence-corrected chi connectivity index (χ0v) is 16.3. The van der Waals surface area contributed by atoms with Gasteiger partial charge in [0.15, 0.2) is 0 Å². The van der Waals surface area contributed by atoms with Crippen molar-refractivity contribution in [2.24, 2.45) is 5.92 Å². The van der Waals surface area contributed by atoms with Crippen molar-refractivity contribution in [3.05, 3.63) is 70.2 Å². The maximum atomic E-state index is 12.8. The van der Waals surface area contributed by atoms with Gasteiger partial charge < -0.3 is 10.2 Å². The van der Waals surface area contributed by atoms with Gasteiger partial charge in [-0.25, -0.2) is 0 Å². The van der Waals surface area contributed by atoms with E-state index in [-0.39, 0.29) is 24.9 Å². The third-order valence-corrected chi connectivity index (χ3v) is 5.14. The van der Waals surface area contributed by atoms with Gasteiger partial charge in [0.05, 0.1) is 11.5 Å². The van der Waals surface area contributed by atoms with Crippen LogP contribution in [0.15, 0.2) is 48.5 Å². The number of carbonyl (C=O) groups excluding carboxylic acids is 2. The molecule has 3 rings (SSSR count). The van der Waals surface area contributed by atoms with E-state index in [1.165, 1.54) is 12.1 Å². The van der Waals surface area contributed by atoms with E-state index in [1.54, 1.807) is 29.2 Å². The Balaban J connectivity index is 1.58. The normalized spacial score (nSPS) is 17.1. The lowest BCUT2D eigenvalue weighted by Gasteiger charge is -2.32. The van der Waals surface area contributed by atoms with Crippen molar-refractivity contribution < 1.29 is 22.8 Å². The first kappa shape index (κ1) is 21.2. The minimum atomic E-state index is -4.42. The number of carbonyl (C=O) groups is 2. The molecular weight excluding hydrogens is 405 g/mol. The van der Waals surface area contributed by atoms with Crippen molar-refractivity contribution in [3.8, 4) is 0 Å². The Morgan fingerprint density at radius 3 is 2.55 bits per heavy atom. The molecule has 1 aliphatic rings. The number of amides is 2. The summed E-state index contributed by atoms with van der Waals surface area (Å²) in [5, 5.41) is 3.23. The van der Waals surface area contributed by atoms with Gasteiger partial charge in [-0.3, -0.25) is 9.59 Å². The Bertz CT molecular complexity index is 884. The summed E-state index contributed by atoms with van der Waals surface area (Å²) < 4.78 is 38.4. The predicted octanol–water partition coefficient (Wildman–Crippen LogP) is 4.53. The first-order chi connectivity index (χ1) is 13.7. The molecule has 2 aromatic rings. The average molecular weight is 425 g/mol. The molecule has 0 saturated carbocycles. The first-order valence-corrected chi connectivity index (χ1v) is 9.60. The monoisotopic (exact) mass is 424 g/mol. The van der Waals surface area contributed by atoms with E-state index in [0.717, 1.165) is 12.1 Å². The van der Waals surface area contributed by atoms with Gasteiger partial charge in [0, 0.05) is 30.2 Å². The third-order valence-electron chi connectivity index (χ3n) is 4.89. The zero-order chi connectivity index (χ0) is 21.0. The van der Waals surface area contributed by atoms with Crippen LogP contribution in [0.2, 0.25) is 5.02 Å². The van der Waals surface area contributed by atoms with E-state index in [1.807, 2.05) is 0 Å². The molecule has 2 aromatic carbocycles. The van der Waals surface area contributed by atoms with E-state index in [9.17, 15) is 22.8 Å². The molecule has 2 amide bonds. The molecule has 1 saturated heterocycles. The molecule has 8 heteroatoms. The summed E-state index contributed by atoms with van der Waals surface area (Å²) >= 11 is 5.85. The Hall–Kier alpha value is -2.54. The van der Waals surface area contributed by atoms with Gasteiger partial charge in [-0.1, -0.05) is 23.7 Å². The molecule has 0 aliphatic carbocycles. The summed E-state index contributed by atoms with van der Waals surface area (Å²) in [5.41, 5.74) is 0.124. The number of rotatable bonds is 4. The highest BCUT2D eigenvalue weighted by molar-refractivity contribution is 6.30. The number of hydrogen-bond donors (Lipinski definition) is 1. The predicted molar refractivity (Wildman–Crippen MR) is 103 cm³/mol. The Morgan fingerprint density at radius 1 is 1.14 bits per heavy atom. The molecule has 1 fully saturated rings. The molecule has 29 heavy (non-hydrogen) atoms. The number of nitrogens with zero attached hydrogens (tertiary/aromatic N) is 1. The summed E-state index contributed by atoms with van der Waals surface area (Å²) in [7, 11) is 0. The van der Waals surface area contributed by atoms with Crippen molar-refractivity contribution in [1.29, 1.82) is 0 Å². The Morgan fingerprint density at radius 2 is 1.86 bits per heavy atom. The van der Waals surface area contributed by atoms with Gasteiger partial charge in [-0.2, -0.15) is 13.2 Å². The van der Waals surface area contributed by atoms with Gasteiger partial charge in [0.2, 0.25) is 5.91 Å². The number of halogens is 4. The fourth-order valence-corrected chi connectivity index (χ4v) is 3.47. The topological polar surface area (TPSA) is 49.4 Å². The van der Waals surface area contributed by atoms with Crippen molar-refractivity contribution in [2.45, 2.75) is 25.6 Å². The fourth-order valence-electron chi connectivity index (χ4n) is 3.34. The molecule has 1 atom stereocenters. The highest BCUT2D eigenvalue weighted by atomic mass is 35.5. The van der Waals surface area contributed by atoms with Crippen LogP contribution in [0.25, 0.3) is 0 Å². The maximum Gasteiger partial charge on any atom is 0.416 e. The second-order valence-electron chi connectivity index (χ2n) is 7.01. The molecule has 0 unspecified atom stereocenters. The van der Waals surface area contributed by atoms with E-state index in [0.29, 0.717) is 35.5 Å². The van der Waals surface area contributed by atoms with Crippen LogP contribution in [0.4, 0.5) is 13.2 Å². The van der Waals surface area contributed by atoms with Gasteiger partial charge in [-0.05, 0) is 54.8 Å². The largest absolute Gasteiger partial charge is 0.416 e. The lowest BCUT2D eigenvalue weighted by atomic mass is 9.96. The molecule has 0 bridgehead atoms. The SMILES string of the molecule is O=C(NCc1cccc(C(F)(F)F)c1)[C@H]1CCCN(C(=O)c2ccc(Cl)cc2)C1. The molecule has 1 N–H and O–H groups in total. The van der Waals surface area contributed by atoms with E-state index >= 15 is 0 Å². The molecule has 1 aliphatic heterocycles. The first-order valence-electron chi connectivity index (χ1n) is 9.23. The van der Waals surface area contributed by atoms with Crippen LogP contribution >= 0.6 is 11.6 Å². The van der Waals surface area contributed by atoms with Crippen LogP contribution in [0.1, 0.15) is 34.3 Å². The van der Waals surface area contributed by atoms with Crippen LogP contribution in [0.3, 0.4) is 0 Å². The van der Waals surface area contributed by atoms with Crippen LogP contribution < -0.4 is 5.32 Å². The molecule has 1 heterocycles. The Kier molecular flexibility index (Phi) is 6.47. The lowest BCUT2D eigenvalue weighted by Crippen LogP contribution is -2.45. The lowest BCUT2D eigenvalue weighted by molar-refractivity contribution is -0.137. The van der Waals surface area contributed by atoms with Crippen molar-refractivity contribution in [3.63, 3.8) is 0 Å². The van der Waals surface area contributed by atoms with Crippen LogP contribution in [-0.2, 0) is 17.5 Å². The van der Waals surface area contributed by atoms with Crippen LogP contribution in [0.5, 0.6) is 0 Å². The zero-order valence-electron chi connectivity index (χ0n) is 15.5. The number of likely N-dealkylation sites (tertiary alicyclic amines) is 1. The average Bonchev–Trinajstić information content (AvgIpc) is 2.72. The molecule has 4 nitrogen and oxygen atoms in total. The van der Waals surface area contributed by atoms with E-state index in [4.69, 9.17) is 11.6 Å². The smallest absolute Gasteiger partial charge is 0.352 e. The summed E-state index contributed by atoms with van der Waals surface area (Å²) in [6.07, 6.45) is -3.12. The summed E-state index contributed by atoms with van der Waals surface area (Å²) in [5.74, 6) is -0.834. The minimum Gasteiger partial charge on any atom is -0.352 e. The van der Waals surface area contributed by atoms with Crippen molar-refractivity contribution >= 4 is 23.4 Å². The molecule has 0 radical (unpaired) electrons. The van der Waals surface area contributed by atoms with Gasteiger partial charge in [-0.15, -0.1) is 0 Å². The highest BCUT2D eigenvalue weighted by Gasteiger charge is 2.31. The number of piperidine rings is 1. The second-order valence-corrected chi connectivity index (χ2v) is 7.45. The number of nitrogens with one attached hydrogen (secondary N) is 1. The highest BCUT2D eigenvalue weighted by Crippen LogP contribution is 2.29. The fraction of sp³-hybridized carbons (Fsp3) is 0.333. The minimum absolute atomic E-state index is 0.00435. The van der Waals surface area contributed by atoms with Crippen LogP contribution in [-0.4, -0.2) is 29.8 Å². The number of alkyl halides is 3. The van der Waals surface area contributed by atoms with Crippen molar-refractivity contribution in [1.82, 2.24) is 10.2 Å². The molecular formula is C21H20ClF3N2O2. The number of hydrogen-bond acceptors (Lipinski definition) is 2.